The smallest absolute Gasteiger partial charge is 0.169 e. The highest BCUT2D eigenvalue weighted by Crippen LogP contribution is 2.40. The fourth-order valence-corrected chi connectivity index (χ4v) is 4.65. The zero-order chi connectivity index (χ0) is 20.0. The Bertz CT molecular complexity index is 1020. The van der Waals surface area contributed by atoms with Crippen molar-refractivity contribution in [2.75, 3.05) is 7.05 Å². The summed E-state index contributed by atoms with van der Waals surface area (Å²) in [5, 5.41) is 4.23. The van der Waals surface area contributed by atoms with Gasteiger partial charge < -0.3 is 14.8 Å². The molecule has 0 spiro atoms. The summed E-state index contributed by atoms with van der Waals surface area (Å²) < 4.78 is 2.35. The average Bonchev–Trinajstić information content (AvgIpc) is 3.10. The van der Waals surface area contributed by atoms with Crippen LogP contribution in [-0.2, 0) is 0 Å². The minimum absolute atomic E-state index is 0.0342. The Kier molecular flexibility index (Phi) is 4.71. The number of nitrogens with one attached hydrogen (secondary N) is 1. The second-order valence-electron chi connectivity index (χ2n) is 7.75. The van der Waals surface area contributed by atoms with E-state index in [1.54, 1.807) is 0 Å². The SMILES string of the molecule is Cc1cc(C)cc(-n2c(C)cc([C@@H]3[C@@H](c4ccccn4)NC(=S)N3C)c2C)c1. The summed E-state index contributed by atoms with van der Waals surface area (Å²) in [7, 11) is 2.06. The molecule has 4 rings (SSSR count). The molecule has 2 aromatic heterocycles. The zero-order valence-electron chi connectivity index (χ0n) is 17.0. The van der Waals surface area contributed by atoms with Crippen LogP contribution in [0.4, 0.5) is 0 Å². The van der Waals surface area contributed by atoms with Crippen LogP contribution in [0, 0.1) is 27.7 Å². The van der Waals surface area contributed by atoms with E-state index in [0.717, 1.165) is 10.8 Å². The van der Waals surface area contributed by atoms with Crippen LogP contribution >= 0.6 is 12.2 Å². The molecule has 3 heterocycles. The quantitative estimate of drug-likeness (QED) is 0.657. The van der Waals surface area contributed by atoms with E-state index in [2.05, 4.69) is 84.8 Å². The van der Waals surface area contributed by atoms with Gasteiger partial charge in [0, 0.05) is 30.3 Å². The van der Waals surface area contributed by atoms with Crippen LogP contribution < -0.4 is 5.32 Å². The van der Waals surface area contributed by atoms with Gasteiger partial charge >= 0.3 is 0 Å². The first-order chi connectivity index (χ1) is 13.4. The van der Waals surface area contributed by atoms with Crippen LogP contribution in [0.1, 0.15) is 45.9 Å². The van der Waals surface area contributed by atoms with Crippen LogP contribution in [-0.4, -0.2) is 26.6 Å². The number of likely N-dealkylation sites (N-methyl/N-ethyl adjacent to an activating group) is 1. The number of hydrogen-bond donors (Lipinski definition) is 1. The number of aromatic nitrogens is 2. The van der Waals surface area contributed by atoms with Gasteiger partial charge in [-0.25, -0.2) is 0 Å². The summed E-state index contributed by atoms with van der Waals surface area (Å²) in [6, 6.07) is 15.2. The zero-order valence-corrected chi connectivity index (χ0v) is 17.8. The van der Waals surface area contributed by atoms with Crippen LogP contribution in [0.5, 0.6) is 0 Å². The Morgan fingerprint density at radius 2 is 1.71 bits per heavy atom. The lowest BCUT2D eigenvalue weighted by Crippen LogP contribution is -2.25. The average molecular weight is 391 g/mol. The number of hydrogen-bond acceptors (Lipinski definition) is 2. The first kappa shape index (κ1) is 18.7. The molecule has 1 aromatic carbocycles. The molecule has 1 N–H and O–H groups in total. The van der Waals surface area contributed by atoms with E-state index >= 15 is 0 Å². The minimum Gasteiger partial charge on any atom is -0.352 e. The van der Waals surface area contributed by atoms with Crippen molar-refractivity contribution in [3.05, 3.63) is 82.4 Å². The Hall–Kier alpha value is -2.66. The molecule has 0 bridgehead atoms. The van der Waals surface area contributed by atoms with E-state index < -0.39 is 0 Å². The van der Waals surface area contributed by atoms with E-state index in [-0.39, 0.29) is 12.1 Å². The largest absolute Gasteiger partial charge is 0.352 e. The Balaban J connectivity index is 1.83. The lowest BCUT2D eigenvalue weighted by atomic mass is 9.97. The number of nitrogens with zero attached hydrogens (tertiary/aromatic N) is 3. The molecule has 5 heteroatoms. The third-order valence-electron chi connectivity index (χ3n) is 5.59. The lowest BCUT2D eigenvalue weighted by Gasteiger charge is -2.24. The molecular formula is C23H26N4S. The fraction of sp³-hybridized carbons (Fsp3) is 0.304. The van der Waals surface area contributed by atoms with Gasteiger partial charge in [-0.2, -0.15) is 0 Å². The molecule has 2 atom stereocenters. The van der Waals surface area contributed by atoms with Crippen LogP contribution in [0.3, 0.4) is 0 Å². The Morgan fingerprint density at radius 3 is 2.36 bits per heavy atom. The van der Waals surface area contributed by atoms with Gasteiger partial charge in [0.1, 0.15) is 0 Å². The van der Waals surface area contributed by atoms with Crippen molar-refractivity contribution in [3.8, 4) is 5.69 Å². The predicted molar refractivity (Wildman–Crippen MR) is 118 cm³/mol. The molecule has 0 amide bonds. The second kappa shape index (κ2) is 7.06. The molecule has 1 aliphatic rings. The highest BCUT2D eigenvalue weighted by Gasteiger charge is 2.39. The molecule has 3 aromatic rings. The van der Waals surface area contributed by atoms with Crippen molar-refractivity contribution in [2.24, 2.45) is 0 Å². The molecule has 1 saturated heterocycles. The van der Waals surface area contributed by atoms with E-state index in [4.69, 9.17) is 12.2 Å². The molecule has 4 nitrogen and oxygen atoms in total. The van der Waals surface area contributed by atoms with Gasteiger partial charge in [-0.15, -0.1) is 0 Å². The molecule has 1 aliphatic heterocycles. The first-order valence-electron chi connectivity index (χ1n) is 9.58. The van der Waals surface area contributed by atoms with Crippen LogP contribution in [0.25, 0.3) is 5.69 Å². The minimum atomic E-state index is 0.0342. The van der Waals surface area contributed by atoms with Crippen LogP contribution in [0.15, 0.2) is 48.7 Å². The second-order valence-corrected chi connectivity index (χ2v) is 8.13. The lowest BCUT2D eigenvalue weighted by molar-refractivity contribution is 0.367. The molecule has 0 radical (unpaired) electrons. The fourth-order valence-electron chi connectivity index (χ4n) is 4.41. The maximum Gasteiger partial charge on any atom is 0.169 e. The van der Waals surface area contributed by atoms with Crippen LogP contribution in [0.2, 0.25) is 0 Å². The third-order valence-corrected chi connectivity index (χ3v) is 6.00. The number of thiocarbonyl (C=S) groups is 1. The van der Waals surface area contributed by atoms with E-state index in [1.165, 1.54) is 33.8 Å². The monoisotopic (exact) mass is 390 g/mol. The maximum atomic E-state index is 5.59. The van der Waals surface area contributed by atoms with E-state index in [9.17, 15) is 0 Å². The highest BCUT2D eigenvalue weighted by molar-refractivity contribution is 7.80. The summed E-state index contributed by atoms with van der Waals surface area (Å²) in [5.74, 6) is 0. The molecule has 28 heavy (non-hydrogen) atoms. The van der Waals surface area contributed by atoms with Gasteiger partial charge in [-0.05, 0) is 86.9 Å². The molecule has 0 saturated carbocycles. The number of rotatable bonds is 3. The van der Waals surface area contributed by atoms with Gasteiger partial charge in [-0.3, -0.25) is 4.98 Å². The summed E-state index contributed by atoms with van der Waals surface area (Å²) in [5.41, 5.74) is 8.52. The normalized spacial score (nSPS) is 19.2. The van der Waals surface area contributed by atoms with Crippen molar-refractivity contribution < 1.29 is 0 Å². The summed E-state index contributed by atoms with van der Waals surface area (Å²) in [6.45, 7) is 8.67. The van der Waals surface area contributed by atoms with Crippen molar-refractivity contribution in [2.45, 2.75) is 39.8 Å². The number of benzene rings is 1. The van der Waals surface area contributed by atoms with E-state index in [0.29, 0.717) is 0 Å². The summed E-state index contributed by atoms with van der Waals surface area (Å²) in [6.07, 6.45) is 1.84. The Morgan fingerprint density at radius 1 is 1.00 bits per heavy atom. The van der Waals surface area contributed by atoms with Gasteiger partial charge in [0.2, 0.25) is 0 Å². The van der Waals surface area contributed by atoms with Crippen molar-refractivity contribution in [1.29, 1.82) is 0 Å². The van der Waals surface area contributed by atoms with Crippen molar-refractivity contribution >= 4 is 17.3 Å². The first-order valence-corrected chi connectivity index (χ1v) is 9.99. The highest BCUT2D eigenvalue weighted by atomic mass is 32.1. The maximum absolute atomic E-state index is 5.59. The molecule has 144 valence electrons. The third kappa shape index (κ3) is 3.10. The Labute approximate surface area is 172 Å². The van der Waals surface area contributed by atoms with E-state index in [1.807, 2.05) is 18.3 Å². The van der Waals surface area contributed by atoms with Gasteiger partial charge in [-0.1, -0.05) is 12.1 Å². The predicted octanol–water partition coefficient (Wildman–Crippen LogP) is 4.71. The molecule has 0 aliphatic carbocycles. The van der Waals surface area contributed by atoms with Gasteiger partial charge in [0.15, 0.2) is 5.11 Å². The summed E-state index contributed by atoms with van der Waals surface area (Å²) in [4.78, 5) is 6.75. The van der Waals surface area contributed by atoms with Crippen molar-refractivity contribution in [3.63, 3.8) is 0 Å². The molecule has 1 fully saturated rings. The number of aryl methyl sites for hydroxylation is 3. The summed E-state index contributed by atoms with van der Waals surface area (Å²) >= 11 is 5.59. The van der Waals surface area contributed by atoms with Gasteiger partial charge in [0.25, 0.3) is 0 Å². The van der Waals surface area contributed by atoms with Crippen molar-refractivity contribution in [1.82, 2.24) is 19.8 Å². The molecular weight excluding hydrogens is 364 g/mol. The van der Waals surface area contributed by atoms with Gasteiger partial charge in [0.05, 0.1) is 17.8 Å². The number of pyridine rings is 1. The molecule has 0 unspecified atom stereocenters. The standard InChI is InChI=1S/C23H26N4S/c1-14-10-15(2)12-18(11-14)27-16(3)13-19(17(27)4)22-21(25-23(28)26(22)5)20-8-6-7-9-24-20/h6-13,21-22H,1-5H3,(H,25,28)/t21-,22-/m1/s1. The topological polar surface area (TPSA) is 33.1 Å².